The maximum Gasteiger partial charge on any atom is 0.165 e. The fourth-order valence-electron chi connectivity index (χ4n) is 1.43. The Kier molecular flexibility index (Phi) is 5.55. The third kappa shape index (κ3) is 4.42. The molecular weight excluding hydrogens is 245 g/mol. The van der Waals surface area contributed by atoms with Crippen molar-refractivity contribution in [3.05, 3.63) is 34.6 Å². The van der Waals surface area contributed by atoms with Crippen LogP contribution in [-0.4, -0.2) is 25.5 Å². The molecule has 17 heavy (non-hydrogen) atoms. The highest BCUT2D eigenvalue weighted by atomic mass is 35.5. The van der Waals surface area contributed by atoms with E-state index in [1.807, 2.05) is 0 Å². The highest BCUT2D eigenvalue weighted by molar-refractivity contribution is 6.34. The van der Waals surface area contributed by atoms with Crippen LogP contribution in [0.1, 0.15) is 23.2 Å². The summed E-state index contributed by atoms with van der Waals surface area (Å²) in [6, 6.07) is 3.43. The van der Waals surface area contributed by atoms with Crippen molar-refractivity contribution in [2.45, 2.75) is 18.9 Å². The summed E-state index contributed by atoms with van der Waals surface area (Å²) in [6.07, 6.45) is 0.774. The molecule has 3 nitrogen and oxygen atoms in total. The van der Waals surface area contributed by atoms with Gasteiger partial charge >= 0.3 is 0 Å². The second kappa shape index (κ2) is 6.69. The van der Waals surface area contributed by atoms with Gasteiger partial charge in [0.15, 0.2) is 5.78 Å². The highest BCUT2D eigenvalue weighted by Gasteiger charge is 2.14. The van der Waals surface area contributed by atoms with Gasteiger partial charge in [-0.15, -0.1) is 0 Å². The molecule has 1 aromatic rings. The molecule has 1 unspecified atom stereocenters. The minimum absolute atomic E-state index is 0.119. The summed E-state index contributed by atoms with van der Waals surface area (Å²) in [5.74, 6) is -0.645. The Bertz CT molecular complexity index is 398. The lowest BCUT2D eigenvalue weighted by Gasteiger charge is -2.10. The Balaban J connectivity index is 2.63. The normalized spacial score (nSPS) is 12.5. The van der Waals surface area contributed by atoms with E-state index >= 15 is 0 Å². The fraction of sp³-hybridized carbons (Fsp3) is 0.417. The third-order valence-electron chi connectivity index (χ3n) is 2.37. The highest BCUT2D eigenvalue weighted by Crippen LogP contribution is 2.19. The van der Waals surface area contributed by atoms with Crippen molar-refractivity contribution in [3.63, 3.8) is 0 Å². The van der Waals surface area contributed by atoms with Gasteiger partial charge in [-0.05, 0) is 24.6 Å². The lowest BCUT2D eigenvalue weighted by Crippen LogP contribution is -2.25. The molecule has 1 aromatic carbocycles. The van der Waals surface area contributed by atoms with Crippen LogP contribution in [-0.2, 0) is 4.74 Å². The first kappa shape index (κ1) is 14.1. The van der Waals surface area contributed by atoms with E-state index in [1.165, 1.54) is 12.1 Å². The van der Waals surface area contributed by atoms with Gasteiger partial charge in [-0.25, -0.2) is 4.39 Å². The largest absolute Gasteiger partial charge is 0.385 e. The summed E-state index contributed by atoms with van der Waals surface area (Å²) >= 11 is 5.79. The second-order valence-electron chi connectivity index (χ2n) is 3.79. The van der Waals surface area contributed by atoms with E-state index in [1.54, 1.807) is 7.11 Å². The van der Waals surface area contributed by atoms with Gasteiger partial charge in [0.2, 0.25) is 0 Å². The molecular formula is C12H15ClFNO2. The number of carbonyl (C=O) groups is 1. The van der Waals surface area contributed by atoms with Crippen LogP contribution in [0, 0.1) is 5.82 Å². The first-order chi connectivity index (χ1) is 8.04. The van der Waals surface area contributed by atoms with Gasteiger partial charge in [0.05, 0.1) is 5.02 Å². The molecule has 5 heteroatoms. The summed E-state index contributed by atoms with van der Waals surface area (Å²) in [5.41, 5.74) is 6.07. The monoisotopic (exact) mass is 259 g/mol. The standard InChI is InChI=1S/C12H15ClFNO2/c1-17-5-4-9(15)7-12(16)10-3-2-8(14)6-11(10)13/h2-3,6,9H,4-5,7,15H2,1H3. The van der Waals surface area contributed by atoms with E-state index in [-0.39, 0.29) is 23.3 Å². The van der Waals surface area contributed by atoms with Gasteiger partial charge in [0.25, 0.3) is 0 Å². The summed E-state index contributed by atoms with van der Waals surface area (Å²) in [6.45, 7) is 0.506. The maximum atomic E-state index is 12.8. The zero-order valence-corrected chi connectivity index (χ0v) is 10.3. The van der Waals surface area contributed by atoms with Crippen LogP contribution in [0.5, 0.6) is 0 Å². The molecule has 94 valence electrons. The van der Waals surface area contributed by atoms with Crippen molar-refractivity contribution >= 4 is 17.4 Å². The minimum atomic E-state index is -0.463. The molecule has 0 aliphatic carbocycles. The van der Waals surface area contributed by atoms with E-state index < -0.39 is 5.82 Å². The zero-order chi connectivity index (χ0) is 12.8. The van der Waals surface area contributed by atoms with Gasteiger partial charge in [-0.3, -0.25) is 4.79 Å². The smallest absolute Gasteiger partial charge is 0.165 e. The lowest BCUT2D eigenvalue weighted by molar-refractivity contribution is 0.0967. The minimum Gasteiger partial charge on any atom is -0.385 e. The van der Waals surface area contributed by atoms with E-state index in [4.69, 9.17) is 22.1 Å². The molecule has 0 bridgehead atoms. The summed E-state index contributed by atoms with van der Waals surface area (Å²) in [7, 11) is 1.57. The molecule has 0 spiro atoms. The van der Waals surface area contributed by atoms with Crippen LogP contribution in [0.2, 0.25) is 5.02 Å². The number of carbonyl (C=O) groups excluding carboxylic acids is 1. The van der Waals surface area contributed by atoms with Gasteiger partial charge < -0.3 is 10.5 Å². The number of nitrogens with two attached hydrogens (primary N) is 1. The number of hydrogen-bond donors (Lipinski definition) is 1. The number of benzene rings is 1. The second-order valence-corrected chi connectivity index (χ2v) is 4.20. The lowest BCUT2D eigenvalue weighted by atomic mass is 10.0. The van der Waals surface area contributed by atoms with Crippen LogP contribution in [0.25, 0.3) is 0 Å². The molecule has 2 N–H and O–H groups in total. The Morgan fingerprint density at radius 3 is 2.88 bits per heavy atom. The summed E-state index contributed by atoms with van der Waals surface area (Å²) in [4.78, 5) is 11.8. The average molecular weight is 260 g/mol. The number of halogens is 2. The van der Waals surface area contributed by atoms with Crippen LogP contribution in [0.4, 0.5) is 4.39 Å². The molecule has 0 aliphatic heterocycles. The van der Waals surface area contributed by atoms with E-state index in [2.05, 4.69) is 0 Å². The van der Waals surface area contributed by atoms with E-state index in [0.717, 1.165) is 6.07 Å². The predicted octanol–water partition coefficient (Wildman–Crippen LogP) is 2.42. The van der Waals surface area contributed by atoms with Gasteiger partial charge in [0, 0.05) is 31.7 Å². The molecule has 0 heterocycles. The quantitative estimate of drug-likeness (QED) is 0.799. The van der Waals surface area contributed by atoms with Crippen molar-refractivity contribution in [2.75, 3.05) is 13.7 Å². The molecule has 0 saturated heterocycles. The number of rotatable bonds is 6. The van der Waals surface area contributed by atoms with Crippen molar-refractivity contribution < 1.29 is 13.9 Å². The number of hydrogen-bond acceptors (Lipinski definition) is 3. The van der Waals surface area contributed by atoms with Gasteiger partial charge in [-0.2, -0.15) is 0 Å². The van der Waals surface area contributed by atoms with Crippen molar-refractivity contribution in [2.24, 2.45) is 5.73 Å². The zero-order valence-electron chi connectivity index (χ0n) is 9.58. The Hall–Kier alpha value is -0.970. The number of ketones is 1. The molecule has 1 atom stereocenters. The van der Waals surface area contributed by atoms with E-state index in [9.17, 15) is 9.18 Å². The first-order valence-electron chi connectivity index (χ1n) is 5.27. The molecule has 1 rings (SSSR count). The molecule has 0 aliphatic rings. The van der Waals surface area contributed by atoms with Crippen molar-refractivity contribution in [3.8, 4) is 0 Å². The molecule has 0 saturated carbocycles. The van der Waals surface area contributed by atoms with Crippen molar-refractivity contribution in [1.29, 1.82) is 0 Å². The van der Waals surface area contributed by atoms with Crippen LogP contribution >= 0.6 is 11.6 Å². The molecule has 0 amide bonds. The number of Topliss-reactive ketones (excluding diaryl/α,β-unsaturated/α-hetero) is 1. The first-order valence-corrected chi connectivity index (χ1v) is 5.65. The third-order valence-corrected chi connectivity index (χ3v) is 2.68. The Morgan fingerprint density at radius 2 is 2.29 bits per heavy atom. The van der Waals surface area contributed by atoms with E-state index in [0.29, 0.717) is 18.6 Å². The predicted molar refractivity (Wildman–Crippen MR) is 64.8 cm³/mol. The number of methoxy groups -OCH3 is 1. The van der Waals surface area contributed by atoms with Crippen LogP contribution in [0.15, 0.2) is 18.2 Å². The fourth-order valence-corrected chi connectivity index (χ4v) is 1.71. The average Bonchev–Trinajstić information content (AvgIpc) is 2.26. The molecule has 0 aromatic heterocycles. The SMILES string of the molecule is COCCC(N)CC(=O)c1ccc(F)cc1Cl. The molecule has 0 fully saturated rings. The molecule has 0 radical (unpaired) electrons. The Labute approximate surface area is 105 Å². The van der Waals surface area contributed by atoms with Crippen LogP contribution in [0.3, 0.4) is 0 Å². The Morgan fingerprint density at radius 1 is 1.59 bits per heavy atom. The summed E-state index contributed by atoms with van der Waals surface area (Å²) in [5, 5.41) is 0.119. The summed E-state index contributed by atoms with van der Waals surface area (Å²) < 4.78 is 17.7. The van der Waals surface area contributed by atoms with Gasteiger partial charge in [0.1, 0.15) is 5.82 Å². The van der Waals surface area contributed by atoms with Crippen molar-refractivity contribution in [1.82, 2.24) is 0 Å². The van der Waals surface area contributed by atoms with Crippen LogP contribution < -0.4 is 5.73 Å². The van der Waals surface area contributed by atoms with Gasteiger partial charge in [-0.1, -0.05) is 11.6 Å². The maximum absolute atomic E-state index is 12.8. The topological polar surface area (TPSA) is 52.3 Å². The number of ether oxygens (including phenoxy) is 1.